The third-order valence-electron chi connectivity index (χ3n) is 3.90. The molecule has 3 nitrogen and oxygen atoms in total. The Kier molecular flexibility index (Phi) is 3.71. The Hall–Kier alpha value is -1.13. The van der Waals surface area contributed by atoms with Gasteiger partial charge in [-0.15, -0.1) is 0 Å². The number of rotatable bonds is 4. The largest absolute Gasteiger partial charge is 0.336 e. The van der Waals surface area contributed by atoms with Gasteiger partial charge in [0.2, 0.25) is 0 Å². The van der Waals surface area contributed by atoms with E-state index in [1.807, 2.05) is 12.1 Å². The lowest BCUT2D eigenvalue weighted by molar-refractivity contribution is 0.111. The zero-order chi connectivity index (χ0) is 13.2. The van der Waals surface area contributed by atoms with Gasteiger partial charge >= 0.3 is 0 Å². The molecular formula is C15H17BrN2O. The van der Waals surface area contributed by atoms with Crippen molar-refractivity contribution < 1.29 is 4.79 Å². The maximum Gasteiger partial charge on any atom is 0.167 e. The van der Waals surface area contributed by atoms with Gasteiger partial charge in [-0.05, 0) is 47.9 Å². The molecule has 0 spiro atoms. The molecule has 2 aromatic rings. The number of nitrogens with zero attached hydrogens (tertiary/aromatic N) is 2. The van der Waals surface area contributed by atoms with E-state index in [9.17, 15) is 4.79 Å². The van der Waals surface area contributed by atoms with E-state index in [2.05, 4.69) is 37.5 Å². The molecule has 0 radical (unpaired) electrons. The van der Waals surface area contributed by atoms with Gasteiger partial charge in [0, 0.05) is 24.0 Å². The first-order valence-electron chi connectivity index (χ1n) is 6.75. The number of fused-ring (bicyclic) bond motifs is 1. The minimum absolute atomic E-state index is 0.750. The molecule has 1 saturated heterocycles. The van der Waals surface area contributed by atoms with E-state index >= 15 is 0 Å². The summed E-state index contributed by atoms with van der Waals surface area (Å²) in [6.45, 7) is 4.28. The molecule has 19 heavy (non-hydrogen) atoms. The monoisotopic (exact) mass is 320 g/mol. The molecule has 100 valence electrons. The van der Waals surface area contributed by atoms with Crippen LogP contribution in [0.25, 0.3) is 10.9 Å². The fourth-order valence-electron chi connectivity index (χ4n) is 2.88. The lowest BCUT2D eigenvalue weighted by atomic mass is 10.2. The second-order valence-electron chi connectivity index (χ2n) is 5.03. The fraction of sp³-hybridized carbons (Fsp3) is 0.400. The number of halogens is 1. The SMILES string of the molecule is O=Cc1c(Br)c2ccccc2n1CCN1CCCC1. The van der Waals surface area contributed by atoms with Crippen molar-refractivity contribution >= 4 is 33.1 Å². The molecule has 0 unspecified atom stereocenters. The Bertz CT molecular complexity index is 599. The molecule has 3 rings (SSSR count). The van der Waals surface area contributed by atoms with Gasteiger partial charge in [0.1, 0.15) is 0 Å². The van der Waals surface area contributed by atoms with E-state index in [1.165, 1.54) is 25.9 Å². The van der Waals surface area contributed by atoms with Crippen LogP contribution in [-0.4, -0.2) is 35.4 Å². The first-order valence-corrected chi connectivity index (χ1v) is 7.55. The number of likely N-dealkylation sites (tertiary alicyclic amines) is 1. The Labute approximate surface area is 121 Å². The molecule has 2 heterocycles. The van der Waals surface area contributed by atoms with Gasteiger partial charge in [0.25, 0.3) is 0 Å². The lowest BCUT2D eigenvalue weighted by Crippen LogP contribution is -2.24. The third kappa shape index (κ3) is 2.35. The molecular weight excluding hydrogens is 304 g/mol. The summed E-state index contributed by atoms with van der Waals surface area (Å²) in [5, 5.41) is 1.12. The van der Waals surface area contributed by atoms with E-state index in [4.69, 9.17) is 0 Å². The van der Waals surface area contributed by atoms with Gasteiger partial charge in [0.15, 0.2) is 6.29 Å². The Morgan fingerprint density at radius 1 is 1.16 bits per heavy atom. The molecule has 0 aliphatic carbocycles. The van der Waals surface area contributed by atoms with Crippen LogP contribution < -0.4 is 0 Å². The van der Waals surface area contributed by atoms with Gasteiger partial charge in [-0.25, -0.2) is 0 Å². The zero-order valence-electron chi connectivity index (χ0n) is 10.8. The van der Waals surface area contributed by atoms with E-state index in [-0.39, 0.29) is 0 Å². The highest BCUT2D eigenvalue weighted by Gasteiger charge is 2.16. The molecule has 0 bridgehead atoms. The molecule has 1 aromatic carbocycles. The molecule has 1 aliphatic rings. The molecule has 1 fully saturated rings. The van der Waals surface area contributed by atoms with Crippen LogP contribution in [0.15, 0.2) is 28.7 Å². The molecule has 1 aliphatic heterocycles. The van der Waals surface area contributed by atoms with Crippen molar-refractivity contribution in [2.24, 2.45) is 0 Å². The first kappa shape index (κ1) is 12.9. The van der Waals surface area contributed by atoms with Crippen molar-refractivity contribution in [2.75, 3.05) is 19.6 Å². The second kappa shape index (κ2) is 5.47. The molecule has 0 N–H and O–H groups in total. The summed E-state index contributed by atoms with van der Waals surface area (Å²) < 4.78 is 3.05. The maximum atomic E-state index is 11.3. The van der Waals surface area contributed by atoms with E-state index in [0.29, 0.717) is 0 Å². The predicted molar refractivity (Wildman–Crippen MR) is 80.7 cm³/mol. The quantitative estimate of drug-likeness (QED) is 0.807. The lowest BCUT2D eigenvalue weighted by Gasteiger charge is -2.16. The van der Waals surface area contributed by atoms with Crippen molar-refractivity contribution in [1.29, 1.82) is 0 Å². The standard InChI is InChI=1S/C15H17BrN2O/c16-15-12-5-1-2-6-13(12)18(14(15)11-19)10-9-17-7-3-4-8-17/h1-2,5-6,11H,3-4,7-10H2. The predicted octanol–water partition coefficient (Wildman–Crippen LogP) is 3.31. The number of para-hydroxylation sites is 1. The Morgan fingerprint density at radius 2 is 1.89 bits per heavy atom. The van der Waals surface area contributed by atoms with Crippen LogP contribution in [0, 0.1) is 0 Å². The highest BCUT2D eigenvalue weighted by atomic mass is 79.9. The summed E-state index contributed by atoms with van der Waals surface area (Å²) in [6.07, 6.45) is 3.56. The highest BCUT2D eigenvalue weighted by Crippen LogP contribution is 2.30. The Balaban J connectivity index is 1.94. The number of aldehydes is 1. The van der Waals surface area contributed by atoms with Crippen LogP contribution in [-0.2, 0) is 6.54 Å². The van der Waals surface area contributed by atoms with Crippen molar-refractivity contribution in [1.82, 2.24) is 9.47 Å². The summed E-state index contributed by atoms with van der Waals surface area (Å²) in [5.41, 5.74) is 1.89. The normalized spacial score (nSPS) is 16.3. The van der Waals surface area contributed by atoms with Gasteiger partial charge in [0.05, 0.1) is 10.2 Å². The van der Waals surface area contributed by atoms with Crippen molar-refractivity contribution in [3.05, 3.63) is 34.4 Å². The summed E-state index contributed by atoms with van der Waals surface area (Å²) in [5.74, 6) is 0. The van der Waals surface area contributed by atoms with Crippen LogP contribution in [0.4, 0.5) is 0 Å². The highest BCUT2D eigenvalue weighted by molar-refractivity contribution is 9.10. The fourth-order valence-corrected chi connectivity index (χ4v) is 3.53. The number of benzene rings is 1. The smallest absolute Gasteiger partial charge is 0.167 e. The van der Waals surface area contributed by atoms with E-state index in [1.54, 1.807) is 0 Å². The van der Waals surface area contributed by atoms with Crippen molar-refractivity contribution in [2.45, 2.75) is 19.4 Å². The summed E-state index contributed by atoms with van der Waals surface area (Å²) in [7, 11) is 0. The number of hydrogen-bond acceptors (Lipinski definition) is 2. The van der Waals surface area contributed by atoms with Crippen LogP contribution in [0.5, 0.6) is 0 Å². The van der Waals surface area contributed by atoms with Gasteiger partial charge in [-0.2, -0.15) is 0 Å². The molecule has 1 aromatic heterocycles. The van der Waals surface area contributed by atoms with Crippen molar-refractivity contribution in [3.63, 3.8) is 0 Å². The number of hydrogen-bond donors (Lipinski definition) is 0. The summed E-state index contributed by atoms with van der Waals surface area (Å²) in [6, 6.07) is 8.16. The minimum atomic E-state index is 0.750. The number of carbonyl (C=O) groups excluding carboxylic acids is 1. The van der Waals surface area contributed by atoms with Crippen molar-refractivity contribution in [3.8, 4) is 0 Å². The number of aromatic nitrogens is 1. The average molecular weight is 321 g/mol. The summed E-state index contributed by atoms with van der Waals surface area (Å²) >= 11 is 3.55. The van der Waals surface area contributed by atoms with E-state index in [0.717, 1.165) is 40.4 Å². The van der Waals surface area contributed by atoms with Gasteiger partial charge in [-0.1, -0.05) is 18.2 Å². The molecule has 4 heteroatoms. The zero-order valence-corrected chi connectivity index (χ0v) is 12.4. The number of carbonyl (C=O) groups is 1. The maximum absolute atomic E-state index is 11.3. The van der Waals surface area contributed by atoms with Crippen LogP contribution in [0.3, 0.4) is 0 Å². The summed E-state index contributed by atoms with van der Waals surface area (Å²) in [4.78, 5) is 13.8. The Morgan fingerprint density at radius 3 is 2.63 bits per heavy atom. The molecule has 0 atom stereocenters. The van der Waals surface area contributed by atoms with Gasteiger partial charge in [-0.3, -0.25) is 4.79 Å². The van der Waals surface area contributed by atoms with Crippen LogP contribution in [0.2, 0.25) is 0 Å². The average Bonchev–Trinajstić information content (AvgIpc) is 3.04. The molecule has 0 saturated carbocycles. The third-order valence-corrected chi connectivity index (χ3v) is 4.73. The minimum Gasteiger partial charge on any atom is -0.336 e. The van der Waals surface area contributed by atoms with E-state index < -0.39 is 0 Å². The van der Waals surface area contributed by atoms with Gasteiger partial charge < -0.3 is 9.47 Å². The molecule has 0 amide bonds. The first-order chi connectivity index (χ1) is 9.31. The second-order valence-corrected chi connectivity index (χ2v) is 5.83. The van der Waals surface area contributed by atoms with Crippen LogP contribution >= 0.6 is 15.9 Å². The van der Waals surface area contributed by atoms with Crippen LogP contribution in [0.1, 0.15) is 23.3 Å². The topological polar surface area (TPSA) is 25.2 Å².